The molecule has 1 atom stereocenters. The van der Waals surface area contributed by atoms with Crippen LogP contribution >= 0.6 is 0 Å². The van der Waals surface area contributed by atoms with Gasteiger partial charge in [-0.3, -0.25) is 4.79 Å². The molecule has 0 bridgehead atoms. The average molecular weight is 252 g/mol. The first-order valence-electron chi connectivity index (χ1n) is 5.31. The number of rotatable bonds is 3. The molecule has 3 N–H and O–H groups in total. The Labute approximate surface area is 102 Å². The van der Waals surface area contributed by atoms with Gasteiger partial charge in [0.15, 0.2) is 0 Å². The molecule has 0 aromatic carbocycles. The van der Waals surface area contributed by atoms with Gasteiger partial charge in [-0.1, -0.05) is 0 Å². The number of aliphatic carboxylic acids is 1. The number of carboxylic acid groups (broad SMARTS) is 1. The molecule has 0 radical (unpaired) electrons. The van der Waals surface area contributed by atoms with Crippen LogP contribution in [0.4, 0.5) is 11.5 Å². The Morgan fingerprint density at radius 2 is 2.39 bits per heavy atom. The van der Waals surface area contributed by atoms with Crippen LogP contribution in [0.3, 0.4) is 0 Å². The lowest BCUT2D eigenvalue weighted by Crippen LogP contribution is -2.50. The van der Waals surface area contributed by atoms with Crippen molar-refractivity contribution < 1.29 is 14.8 Å². The zero-order chi connectivity index (χ0) is 13.3. The van der Waals surface area contributed by atoms with Crippen molar-refractivity contribution in [3.63, 3.8) is 0 Å². The Hall–Kier alpha value is -2.22. The number of nitro groups is 1. The number of aromatic nitrogens is 1. The van der Waals surface area contributed by atoms with Crippen LogP contribution in [0.2, 0.25) is 0 Å². The van der Waals surface area contributed by atoms with Crippen LogP contribution in [0.25, 0.3) is 0 Å². The molecule has 8 nitrogen and oxygen atoms in total. The molecule has 2 heterocycles. The van der Waals surface area contributed by atoms with Gasteiger partial charge in [0, 0.05) is 13.1 Å². The third kappa shape index (κ3) is 1.97. The van der Waals surface area contributed by atoms with Gasteiger partial charge in [0.1, 0.15) is 17.4 Å². The first kappa shape index (κ1) is 12.2. The summed E-state index contributed by atoms with van der Waals surface area (Å²) >= 11 is 0. The van der Waals surface area contributed by atoms with Crippen LogP contribution in [0.1, 0.15) is 6.42 Å². The maximum absolute atomic E-state index is 11.0. The van der Waals surface area contributed by atoms with Gasteiger partial charge in [-0.25, -0.2) is 0 Å². The van der Waals surface area contributed by atoms with Crippen molar-refractivity contribution in [2.75, 3.05) is 18.0 Å². The van der Waals surface area contributed by atoms with E-state index in [0.29, 0.717) is 12.2 Å². The smallest absolute Gasteiger partial charge is 0.387 e. The number of carbonyl (C=O) groups is 1. The van der Waals surface area contributed by atoms with E-state index in [9.17, 15) is 14.9 Å². The maximum atomic E-state index is 11.0. The average Bonchev–Trinajstić information content (AvgIpc) is 2.73. The zero-order valence-electron chi connectivity index (χ0n) is 9.44. The molecule has 1 saturated heterocycles. The van der Waals surface area contributed by atoms with Crippen molar-refractivity contribution in [3.05, 3.63) is 28.4 Å². The zero-order valence-corrected chi connectivity index (χ0v) is 9.44. The van der Waals surface area contributed by atoms with E-state index in [1.54, 1.807) is 17.0 Å². The van der Waals surface area contributed by atoms with Gasteiger partial charge >= 0.3 is 11.8 Å². The number of pyridine rings is 1. The van der Waals surface area contributed by atoms with Crippen molar-refractivity contribution in [1.82, 2.24) is 4.98 Å². The normalized spacial score (nSPS) is 23.1. The van der Waals surface area contributed by atoms with E-state index in [0.717, 1.165) is 0 Å². The second-order valence-electron chi connectivity index (χ2n) is 4.24. The molecule has 0 amide bonds. The van der Waals surface area contributed by atoms with E-state index >= 15 is 0 Å². The fourth-order valence-electron chi connectivity index (χ4n) is 1.99. The summed E-state index contributed by atoms with van der Waals surface area (Å²) < 4.78 is 0. The van der Waals surface area contributed by atoms with Crippen LogP contribution < -0.4 is 10.6 Å². The summed E-state index contributed by atoms with van der Waals surface area (Å²) in [4.78, 5) is 26.5. The van der Waals surface area contributed by atoms with Gasteiger partial charge in [-0.15, -0.1) is 0 Å². The molecular weight excluding hydrogens is 240 g/mol. The lowest BCUT2D eigenvalue weighted by molar-refractivity contribution is -0.388. The molecule has 1 fully saturated rings. The molecular formula is C10H12N4O4. The Balaban J connectivity index is 2.30. The van der Waals surface area contributed by atoms with Gasteiger partial charge in [-0.05, 0) is 28.5 Å². The number of hydrogen-bond donors (Lipinski definition) is 2. The molecule has 96 valence electrons. The number of carboxylic acids is 1. The van der Waals surface area contributed by atoms with Crippen molar-refractivity contribution in [3.8, 4) is 0 Å². The minimum Gasteiger partial charge on any atom is -0.480 e. The molecule has 1 aromatic rings. The third-order valence-electron chi connectivity index (χ3n) is 3.01. The van der Waals surface area contributed by atoms with Crippen LogP contribution in [-0.2, 0) is 4.79 Å². The fourth-order valence-corrected chi connectivity index (χ4v) is 1.99. The summed E-state index contributed by atoms with van der Waals surface area (Å²) in [5.74, 6) is -1.39. The van der Waals surface area contributed by atoms with Gasteiger partial charge in [-0.2, -0.15) is 0 Å². The van der Waals surface area contributed by atoms with Gasteiger partial charge in [0.05, 0.1) is 0 Å². The van der Waals surface area contributed by atoms with Crippen LogP contribution in [-0.4, -0.2) is 39.6 Å². The summed E-state index contributed by atoms with van der Waals surface area (Å²) in [5, 5.41) is 19.9. The van der Waals surface area contributed by atoms with E-state index in [1.165, 1.54) is 6.20 Å². The predicted octanol–water partition coefficient (Wildman–Crippen LogP) is -0.0180. The van der Waals surface area contributed by atoms with Crippen LogP contribution in [0, 0.1) is 10.1 Å². The van der Waals surface area contributed by atoms with Crippen molar-refractivity contribution in [2.45, 2.75) is 12.0 Å². The topological polar surface area (TPSA) is 123 Å². The fraction of sp³-hybridized carbons (Fsp3) is 0.400. The second-order valence-corrected chi connectivity index (χ2v) is 4.24. The van der Waals surface area contributed by atoms with Crippen molar-refractivity contribution in [1.29, 1.82) is 0 Å². The first-order valence-corrected chi connectivity index (χ1v) is 5.31. The largest absolute Gasteiger partial charge is 0.480 e. The molecule has 1 aliphatic rings. The lowest BCUT2D eigenvalue weighted by Gasteiger charge is -2.20. The Morgan fingerprint density at radius 1 is 1.67 bits per heavy atom. The van der Waals surface area contributed by atoms with E-state index in [-0.39, 0.29) is 18.8 Å². The third-order valence-corrected chi connectivity index (χ3v) is 3.01. The molecule has 1 unspecified atom stereocenters. The number of nitrogens with two attached hydrogens (primary N) is 1. The molecule has 0 saturated carbocycles. The van der Waals surface area contributed by atoms with Crippen LogP contribution in [0.15, 0.2) is 18.3 Å². The highest BCUT2D eigenvalue weighted by atomic mass is 16.6. The molecule has 1 aliphatic heterocycles. The molecule has 8 heteroatoms. The van der Waals surface area contributed by atoms with Crippen molar-refractivity contribution >= 4 is 17.5 Å². The highest BCUT2D eigenvalue weighted by Gasteiger charge is 2.42. The summed E-state index contributed by atoms with van der Waals surface area (Å²) in [6.45, 7) is 0.393. The standard InChI is InChI=1S/C10H12N4O4/c11-10(9(15)16)3-5-13(6-10)7-2-1-4-12-8(7)14(17)18/h1-2,4H,3,5-6,11H2,(H,15,16). The Bertz CT molecular complexity index is 506. The van der Waals surface area contributed by atoms with Crippen molar-refractivity contribution in [2.24, 2.45) is 5.73 Å². The van der Waals surface area contributed by atoms with E-state index in [1.807, 2.05) is 0 Å². The predicted molar refractivity (Wildman–Crippen MR) is 62.3 cm³/mol. The molecule has 0 spiro atoms. The Kier molecular flexibility index (Phi) is 2.87. The first-order chi connectivity index (χ1) is 8.44. The molecule has 0 aliphatic carbocycles. The summed E-state index contributed by atoms with van der Waals surface area (Å²) in [6.07, 6.45) is 1.57. The molecule has 1 aromatic heterocycles. The minimum absolute atomic E-state index is 0.0366. The summed E-state index contributed by atoms with van der Waals surface area (Å²) in [5.41, 5.74) is 4.67. The monoisotopic (exact) mass is 252 g/mol. The summed E-state index contributed by atoms with van der Waals surface area (Å²) in [7, 11) is 0. The quantitative estimate of drug-likeness (QED) is 0.572. The number of anilines is 1. The maximum Gasteiger partial charge on any atom is 0.387 e. The van der Waals surface area contributed by atoms with Crippen LogP contribution in [0.5, 0.6) is 0 Å². The summed E-state index contributed by atoms with van der Waals surface area (Å²) in [6, 6.07) is 3.11. The number of hydrogen-bond acceptors (Lipinski definition) is 6. The highest BCUT2D eigenvalue weighted by molar-refractivity contribution is 5.81. The SMILES string of the molecule is NC1(C(=O)O)CCN(c2cccnc2[N+](=O)[O-])C1. The van der Waals surface area contributed by atoms with Gasteiger partial charge in [0.25, 0.3) is 0 Å². The van der Waals surface area contributed by atoms with E-state index in [4.69, 9.17) is 10.8 Å². The second kappa shape index (κ2) is 4.22. The van der Waals surface area contributed by atoms with E-state index in [2.05, 4.69) is 4.98 Å². The Morgan fingerprint density at radius 3 is 2.94 bits per heavy atom. The minimum atomic E-state index is -1.36. The number of nitrogens with zero attached hydrogens (tertiary/aromatic N) is 3. The highest BCUT2D eigenvalue weighted by Crippen LogP contribution is 2.30. The van der Waals surface area contributed by atoms with Gasteiger partial charge in [0.2, 0.25) is 0 Å². The van der Waals surface area contributed by atoms with Gasteiger partial charge < -0.3 is 25.9 Å². The molecule has 2 rings (SSSR count). The van der Waals surface area contributed by atoms with E-state index < -0.39 is 16.4 Å². The molecule has 18 heavy (non-hydrogen) atoms. The lowest BCUT2D eigenvalue weighted by atomic mass is 10.0.